The number of benzene rings is 1. The molecule has 1 heterocycles. The number of nitrogens with one attached hydrogen (secondary N) is 2. The van der Waals surface area contributed by atoms with Crippen LogP contribution in [0.3, 0.4) is 0 Å². The van der Waals surface area contributed by atoms with Gasteiger partial charge in [-0.15, -0.1) is 0 Å². The highest BCUT2D eigenvalue weighted by Crippen LogP contribution is 2.20. The molecule has 0 bridgehead atoms. The molecule has 31 heavy (non-hydrogen) atoms. The minimum absolute atomic E-state index is 0.0581. The van der Waals surface area contributed by atoms with Gasteiger partial charge < -0.3 is 26.3 Å². The van der Waals surface area contributed by atoms with Crippen molar-refractivity contribution in [1.82, 2.24) is 9.88 Å². The first-order valence-corrected chi connectivity index (χ1v) is 9.16. The summed E-state index contributed by atoms with van der Waals surface area (Å²) >= 11 is 5.87. The minimum Gasteiger partial charge on any atom is -0.481 e. The second-order valence-electron chi connectivity index (χ2n) is 6.50. The Bertz CT molecular complexity index is 1100. The molecule has 1 aromatic heterocycles. The molecule has 1 unspecified atom stereocenters. The highest BCUT2D eigenvalue weighted by Gasteiger charge is 2.23. The molecule has 10 nitrogen and oxygen atoms in total. The van der Waals surface area contributed by atoms with Crippen LogP contribution in [0.25, 0.3) is 0 Å². The molecule has 0 fully saturated rings. The number of halogens is 2. The fraction of sp³-hybridized carbons (Fsp3) is 0.211. The van der Waals surface area contributed by atoms with E-state index in [-0.39, 0.29) is 22.6 Å². The molecule has 0 radical (unpaired) electrons. The summed E-state index contributed by atoms with van der Waals surface area (Å²) in [5.41, 5.74) is 4.52. The number of hydrogen-bond acceptors (Lipinski definition) is 6. The van der Waals surface area contributed by atoms with Crippen LogP contribution in [-0.2, 0) is 14.4 Å². The Hall–Kier alpha value is -3.73. The van der Waals surface area contributed by atoms with Gasteiger partial charge in [0.05, 0.1) is 23.2 Å². The molecule has 0 saturated heterocycles. The number of nitrogens with two attached hydrogens (primary N) is 1. The zero-order chi connectivity index (χ0) is 23.3. The number of hydrogen-bond donors (Lipinski definition) is 4. The van der Waals surface area contributed by atoms with Crippen LogP contribution in [-0.4, -0.2) is 39.8 Å². The second-order valence-corrected chi connectivity index (χ2v) is 6.91. The number of rotatable bonds is 8. The van der Waals surface area contributed by atoms with Gasteiger partial charge in [0.1, 0.15) is 23.8 Å². The number of aromatic nitrogens is 1. The Balaban J connectivity index is 2.28. The summed E-state index contributed by atoms with van der Waals surface area (Å²) in [5, 5.41) is 13.3. The summed E-state index contributed by atoms with van der Waals surface area (Å²) in [6.45, 7) is 1.24. The topological polar surface area (TPSA) is 161 Å². The lowest BCUT2D eigenvalue weighted by Crippen LogP contribution is -2.43. The molecule has 2 rings (SSSR count). The molecule has 1 aromatic carbocycles. The van der Waals surface area contributed by atoms with E-state index < -0.39 is 53.4 Å². The standard InChI is InChI=1S/C19H18ClFN4O6/c1-9(17(29)23-12(8-26)6-16(27)28)25-7-11(21)5-15(19(25)31)24-18(30)10-2-3-14(22)13(20)4-10/h2-5,7-9,12H,6,22H2,1H3,(H,23,29)(H,24,30)(H,27,28)/t9?,12-/m0/s1. The second kappa shape index (κ2) is 9.85. The van der Waals surface area contributed by atoms with Gasteiger partial charge in [0, 0.05) is 17.8 Å². The maximum Gasteiger partial charge on any atom is 0.305 e. The molecule has 0 aliphatic carbocycles. The molecule has 0 aliphatic heterocycles. The van der Waals surface area contributed by atoms with Gasteiger partial charge in [0.15, 0.2) is 0 Å². The number of aliphatic carboxylic acids is 1. The number of carbonyl (C=O) groups is 4. The molecule has 0 spiro atoms. The van der Waals surface area contributed by atoms with Crippen LogP contribution in [0, 0.1) is 5.82 Å². The Labute approximate surface area is 179 Å². The van der Waals surface area contributed by atoms with E-state index in [2.05, 4.69) is 10.6 Å². The van der Waals surface area contributed by atoms with Gasteiger partial charge in [0.2, 0.25) is 5.91 Å². The third-order valence-corrected chi connectivity index (χ3v) is 4.53. The summed E-state index contributed by atoms with van der Waals surface area (Å²) in [7, 11) is 0. The summed E-state index contributed by atoms with van der Waals surface area (Å²) in [5.74, 6) is -3.91. The van der Waals surface area contributed by atoms with E-state index in [4.69, 9.17) is 22.4 Å². The van der Waals surface area contributed by atoms with Crippen molar-refractivity contribution in [2.24, 2.45) is 0 Å². The first kappa shape index (κ1) is 23.5. The van der Waals surface area contributed by atoms with E-state index in [1.54, 1.807) is 0 Å². The summed E-state index contributed by atoms with van der Waals surface area (Å²) in [6.07, 6.45) is 0.317. The third kappa shape index (κ3) is 5.89. The number of nitrogen functional groups attached to an aromatic ring is 1. The maximum absolute atomic E-state index is 14.1. The molecule has 0 saturated carbocycles. The zero-order valence-corrected chi connectivity index (χ0v) is 16.9. The fourth-order valence-electron chi connectivity index (χ4n) is 2.56. The first-order chi connectivity index (χ1) is 14.5. The van der Waals surface area contributed by atoms with Crippen molar-refractivity contribution in [1.29, 1.82) is 0 Å². The molecule has 164 valence electrons. The van der Waals surface area contributed by atoms with Gasteiger partial charge in [-0.1, -0.05) is 11.6 Å². The minimum atomic E-state index is -1.33. The number of aldehydes is 1. The smallest absolute Gasteiger partial charge is 0.305 e. The predicted octanol–water partition coefficient (Wildman–Crippen LogP) is 1.19. The highest BCUT2D eigenvalue weighted by molar-refractivity contribution is 6.33. The van der Waals surface area contributed by atoms with E-state index >= 15 is 0 Å². The molecule has 5 N–H and O–H groups in total. The fourth-order valence-corrected chi connectivity index (χ4v) is 2.74. The lowest BCUT2D eigenvalue weighted by molar-refractivity contribution is -0.139. The van der Waals surface area contributed by atoms with Gasteiger partial charge in [0.25, 0.3) is 11.5 Å². The monoisotopic (exact) mass is 452 g/mol. The van der Waals surface area contributed by atoms with Gasteiger partial charge in [-0.3, -0.25) is 23.7 Å². The van der Waals surface area contributed by atoms with E-state index in [0.29, 0.717) is 4.57 Å². The van der Waals surface area contributed by atoms with Gasteiger partial charge >= 0.3 is 5.97 Å². The summed E-state index contributed by atoms with van der Waals surface area (Å²) in [6, 6.07) is 2.13. The third-order valence-electron chi connectivity index (χ3n) is 4.20. The lowest BCUT2D eigenvalue weighted by Gasteiger charge is -2.18. The summed E-state index contributed by atoms with van der Waals surface area (Å²) < 4.78 is 14.8. The van der Waals surface area contributed by atoms with Crippen LogP contribution in [0.2, 0.25) is 5.02 Å². The number of amides is 2. The molecule has 2 aromatic rings. The highest BCUT2D eigenvalue weighted by atomic mass is 35.5. The molecule has 0 aliphatic rings. The number of nitrogens with zero attached hydrogens (tertiary/aromatic N) is 1. The zero-order valence-electron chi connectivity index (χ0n) is 16.1. The van der Waals surface area contributed by atoms with Gasteiger partial charge in [-0.25, -0.2) is 4.39 Å². The number of carboxylic acids is 1. The Morgan fingerprint density at radius 2 is 2.00 bits per heavy atom. The quantitative estimate of drug-likeness (QED) is 0.345. The molecular weight excluding hydrogens is 435 g/mol. The maximum atomic E-state index is 14.1. The van der Waals surface area contributed by atoms with Crippen molar-refractivity contribution in [3.8, 4) is 0 Å². The molecule has 12 heteroatoms. The number of carbonyl (C=O) groups excluding carboxylic acids is 3. The van der Waals surface area contributed by atoms with E-state index in [9.17, 15) is 28.4 Å². The largest absolute Gasteiger partial charge is 0.481 e. The van der Waals surface area contributed by atoms with Crippen LogP contribution in [0.4, 0.5) is 15.8 Å². The number of carboxylic acid groups (broad SMARTS) is 1. The molecule has 2 atom stereocenters. The van der Waals surface area contributed by atoms with Crippen LogP contribution in [0.1, 0.15) is 29.7 Å². The van der Waals surface area contributed by atoms with Crippen molar-refractivity contribution in [2.45, 2.75) is 25.4 Å². The summed E-state index contributed by atoms with van der Waals surface area (Å²) in [4.78, 5) is 59.1. The van der Waals surface area contributed by atoms with Crippen LogP contribution in [0.5, 0.6) is 0 Å². The van der Waals surface area contributed by atoms with Gasteiger partial charge in [-0.2, -0.15) is 0 Å². The average molecular weight is 453 g/mol. The predicted molar refractivity (Wildman–Crippen MR) is 109 cm³/mol. The lowest BCUT2D eigenvalue weighted by atomic mass is 10.2. The van der Waals surface area contributed by atoms with Crippen LogP contribution >= 0.6 is 11.6 Å². The van der Waals surface area contributed by atoms with E-state index in [1.165, 1.54) is 25.1 Å². The van der Waals surface area contributed by atoms with Gasteiger partial charge in [-0.05, 0) is 25.1 Å². The molecular formula is C19H18ClFN4O6. The Morgan fingerprint density at radius 3 is 2.58 bits per heavy atom. The molecule has 2 amide bonds. The van der Waals surface area contributed by atoms with Crippen LogP contribution < -0.4 is 21.9 Å². The first-order valence-electron chi connectivity index (χ1n) is 8.79. The van der Waals surface area contributed by atoms with E-state index in [1.807, 2.05) is 0 Å². The average Bonchev–Trinajstić information content (AvgIpc) is 2.70. The SMILES string of the molecule is CC(C(=O)N[C@H](C=O)CC(=O)O)n1cc(F)cc(NC(=O)c2ccc(N)c(Cl)c2)c1=O. The van der Waals surface area contributed by atoms with Crippen molar-refractivity contribution < 1.29 is 28.7 Å². The van der Waals surface area contributed by atoms with Crippen molar-refractivity contribution in [3.05, 3.63) is 57.2 Å². The van der Waals surface area contributed by atoms with Crippen molar-refractivity contribution in [3.63, 3.8) is 0 Å². The van der Waals surface area contributed by atoms with Crippen molar-refractivity contribution >= 4 is 47.0 Å². The Morgan fingerprint density at radius 1 is 1.32 bits per heavy atom. The number of anilines is 2. The van der Waals surface area contributed by atoms with Crippen molar-refractivity contribution in [2.75, 3.05) is 11.1 Å². The Kier molecular flexibility index (Phi) is 7.48. The normalized spacial score (nSPS) is 12.5. The number of pyridine rings is 1. The van der Waals surface area contributed by atoms with E-state index in [0.717, 1.165) is 12.3 Å². The van der Waals surface area contributed by atoms with Crippen LogP contribution in [0.15, 0.2) is 35.3 Å².